The van der Waals surface area contributed by atoms with Gasteiger partial charge in [-0.1, -0.05) is 48.5 Å². The van der Waals surface area contributed by atoms with Crippen molar-refractivity contribution >= 4 is 17.5 Å². The Labute approximate surface area is 215 Å². The second-order valence-electron chi connectivity index (χ2n) is 10.4. The number of nitrogens with zero attached hydrogens (tertiary/aromatic N) is 4. The number of benzene rings is 2. The fraction of sp³-hybridized carbons (Fsp3) is 0.333. The molecule has 1 aliphatic carbocycles. The SMILES string of the molecule is O=C(c1cnc2cccnn12)C1CC2CCCC(C1)N2C(=O)OCC1c2ccccc2-c2ccccc21. The van der Waals surface area contributed by atoms with Crippen LogP contribution in [0.4, 0.5) is 4.79 Å². The lowest BCUT2D eigenvalue weighted by molar-refractivity contribution is 0.00636. The lowest BCUT2D eigenvalue weighted by Crippen LogP contribution is -2.56. The molecule has 0 spiro atoms. The number of piperidine rings is 2. The number of hydrogen-bond acceptors (Lipinski definition) is 5. The number of carbonyl (C=O) groups excluding carboxylic acids is 2. The van der Waals surface area contributed by atoms with Gasteiger partial charge in [-0.05, 0) is 66.5 Å². The summed E-state index contributed by atoms with van der Waals surface area (Å²) in [7, 11) is 0. The van der Waals surface area contributed by atoms with Gasteiger partial charge in [-0.25, -0.2) is 14.3 Å². The molecule has 7 heteroatoms. The van der Waals surface area contributed by atoms with Gasteiger partial charge in [0.05, 0.1) is 6.20 Å². The Morgan fingerprint density at radius 2 is 1.57 bits per heavy atom. The first kappa shape index (κ1) is 22.2. The summed E-state index contributed by atoms with van der Waals surface area (Å²) in [6, 6.07) is 20.4. The largest absolute Gasteiger partial charge is 0.448 e. The average Bonchev–Trinajstić information content (AvgIpc) is 3.50. The molecule has 4 aromatic rings. The van der Waals surface area contributed by atoms with Crippen LogP contribution >= 0.6 is 0 Å². The number of hydrogen-bond donors (Lipinski definition) is 0. The molecule has 0 N–H and O–H groups in total. The molecular weight excluding hydrogens is 464 g/mol. The van der Waals surface area contributed by atoms with Crippen LogP contribution in [0.25, 0.3) is 16.8 Å². The predicted octanol–water partition coefficient (Wildman–Crippen LogP) is 5.49. The fourth-order valence-electron chi connectivity index (χ4n) is 6.77. The van der Waals surface area contributed by atoms with Crippen molar-refractivity contribution in [2.75, 3.05) is 6.61 Å². The van der Waals surface area contributed by atoms with E-state index >= 15 is 0 Å². The Morgan fingerprint density at radius 1 is 0.892 bits per heavy atom. The third-order valence-electron chi connectivity index (χ3n) is 8.42. The topological polar surface area (TPSA) is 76.8 Å². The summed E-state index contributed by atoms with van der Waals surface area (Å²) in [5.74, 6) is -0.0388. The van der Waals surface area contributed by atoms with Crippen LogP contribution in [0.1, 0.15) is 59.6 Å². The van der Waals surface area contributed by atoms with Crippen LogP contribution in [0.15, 0.2) is 73.1 Å². The zero-order valence-corrected chi connectivity index (χ0v) is 20.5. The van der Waals surface area contributed by atoms with Crippen molar-refractivity contribution in [3.8, 4) is 11.1 Å². The normalized spacial score (nSPS) is 22.5. The van der Waals surface area contributed by atoms with E-state index < -0.39 is 0 Å². The van der Waals surface area contributed by atoms with Crippen molar-refractivity contribution in [1.29, 1.82) is 0 Å². The molecule has 2 saturated heterocycles. The number of carbonyl (C=O) groups is 2. The predicted molar refractivity (Wildman–Crippen MR) is 138 cm³/mol. The van der Waals surface area contributed by atoms with Crippen LogP contribution in [0.3, 0.4) is 0 Å². The molecule has 1 amide bonds. The van der Waals surface area contributed by atoms with E-state index in [1.807, 2.05) is 29.2 Å². The molecule has 7 rings (SSSR count). The van der Waals surface area contributed by atoms with E-state index in [0.717, 1.165) is 19.3 Å². The first-order chi connectivity index (χ1) is 18.2. The van der Waals surface area contributed by atoms with Gasteiger partial charge in [0.1, 0.15) is 12.3 Å². The second-order valence-corrected chi connectivity index (χ2v) is 10.4. The first-order valence-corrected chi connectivity index (χ1v) is 13.2. The van der Waals surface area contributed by atoms with Gasteiger partial charge >= 0.3 is 6.09 Å². The Morgan fingerprint density at radius 3 is 2.27 bits per heavy atom. The van der Waals surface area contributed by atoms with Crippen LogP contribution in [-0.4, -0.2) is 50.1 Å². The Kier molecular flexibility index (Phi) is 5.30. The quantitative estimate of drug-likeness (QED) is 0.352. The Bertz CT molecular complexity index is 1450. The van der Waals surface area contributed by atoms with E-state index in [1.54, 1.807) is 16.9 Å². The minimum absolute atomic E-state index is 0.0178. The number of Topliss-reactive ketones (excluding diaryl/α,β-unsaturated/α-hetero) is 1. The third kappa shape index (κ3) is 3.64. The first-order valence-electron chi connectivity index (χ1n) is 13.2. The number of ether oxygens (including phenoxy) is 1. The van der Waals surface area contributed by atoms with Crippen LogP contribution in [0.5, 0.6) is 0 Å². The highest BCUT2D eigenvalue weighted by Gasteiger charge is 2.44. The average molecular weight is 493 g/mol. The summed E-state index contributed by atoms with van der Waals surface area (Å²) in [6.07, 6.45) is 7.21. The van der Waals surface area contributed by atoms with E-state index in [4.69, 9.17) is 4.74 Å². The summed E-state index contributed by atoms with van der Waals surface area (Å²) in [5, 5.41) is 4.32. The van der Waals surface area contributed by atoms with E-state index in [1.165, 1.54) is 22.3 Å². The summed E-state index contributed by atoms with van der Waals surface area (Å²) < 4.78 is 7.64. The molecule has 0 saturated carbocycles. The van der Waals surface area contributed by atoms with Crippen molar-refractivity contribution < 1.29 is 14.3 Å². The van der Waals surface area contributed by atoms with Crippen molar-refractivity contribution in [3.05, 3.63) is 89.9 Å². The van der Waals surface area contributed by atoms with Crippen molar-refractivity contribution in [2.45, 2.75) is 50.1 Å². The maximum Gasteiger partial charge on any atom is 0.410 e. The summed E-state index contributed by atoms with van der Waals surface area (Å²) >= 11 is 0. The highest BCUT2D eigenvalue weighted by Crippen LogP contribution is 2.45. The maximum absolute atomic E-state index is 13.5. The Balaban J connectivity index is 1.08. The van der Waals surface area contributed by atoms with Gasteiger partial charge in [-0.3, -0.25) is 4.79 Å². The maximum atomic E-state index is 13.5. The smallest absolute Gasteiger partial charge is 0.410 e. The third-order valence-corrected chi connectivity index (χ3v) is 8.42. The second kappa shape index (κ2) is 8.83. The number of rotatable bonds is 4. The summed E-state index contributed by atoms with van der Waals surface area (Å²) in [5.41, 5.74) is 6.05. The molecule has 2 fully saturated rings. The molecule has 186 valence electrons. The molecule has 2 aromatic heterocycles. The lowest BCUT2D eigenvalue weighted by atomic mass is 9.76. The summed E-state index contributed by atoms with van der Waals surface area (Å²) in [4.78, 5) is 33.2. The van der Waals surface area contributed by atoms with Crippen LogP contribution < -0.4 is 0 Å². The van der Waals surface area contributed by atoms with Crippen LogP contribution in [0, 0.1) is 5.92 Å². The van der Waals surface area contributed by atoms with E-state index in [0.29, 0.717) is 30.8 Å². The molecule has 4 heterocycles. The van der Waals surface area contributed by atoms with E-state index in [-0.39, 0.29) is 35.8 Å². The number of aromatic nitrogens is 3. The fourth-order valence-corrected chi connectivity index (χ4v) is 6.77. The molecule has 3 aliphatic rings. The molecule has 2 aromatic carbocycles. The molecule has 2 bridgehead atoms. The Hall–Kier alpha value is -4.00. The van der Waals surface area contributed by atoms with Crippen LogP contribution in [-0.2, 0) is 4.74 Å². The van der Waals surface area contributed by atoms with E-state index in [2.05, 4.69) is 46.5 Å². The molecule has 7 nitrogen and oxygen atoms in total. The molecule has 2 aliphatic heterocycles. The minimum Gasteiger partial charge on any atom is -0.448 e. The van der Waals surface area contributed by atoms with Gasteiger partial charge in [0, 0.05) is 30.1 Å². The lowest BCUT2D eigenvalue weighted by Gasteiger charge is -2.47. The number of fused-ring (bicyclic) bond motifs is 6. The highest BCUT2D eigenvalue weighted by atomic mass is 16.6. The van der Waals surface area contributed by atoms with Crippen molar-refractivity contribution in [1.82, 2.24) is 19.5 Å². The van der Waals surface area contributed by atoms with Crippen molar-refractivity contribution in [2.24, 2.45) is 5.92 Å². The van der Waals surface area contributed by atoms with Crippen LogP contribution in [0.2, 0.25) is 0 Å². The monoisotopic (exact) mass is 492 g/mol. The number of amides is 1. The molecular formula is C30H28N4O3. The minimum atomic E-state index is -0.251. The van der Waals surface area contributed by atoms with Gasteiger partial charge < -0.3 is 9.64 Å². The summed E-state index contributed by atoms with van der Waals surface area (Å²) in [6.45, 7) is 0.318. The zero-order valence-electron chi connectivity index (χ0n) is 20.5. The zero-order chi connectivity index (χ0) is 24.9. The molecule has 0 radical (unpaired) electrons. The molecule has 37 heavy (non-hydrogen) atoms. The highest BCUT2D eigenvalue weighted by molar-refractivity contribution is 5.97. The van der Waals surface area contributed by atoms with E-state index in [9.17, 15) is 9.59 Å². The number of ketones is 1. The molecule has 2 atom stereocenters. The standard InChI is InChI=1S/C30H28N4O3/c35-29(27-17-31-28-13-6-14-32-34(27)28)19-15-20-7-5-8-21(16-19)33(20)30(36)37-18-26-24-11-3-1-9-22(24)23-10-2-4-12-25(23)26/h1-4,6,9-14,17,19-21,26H,5,7-8,15-16,18H2. The van der Waals surface area contributed by atoms with Crippen molar-refractivity contribution in [3.63, 3.8) is 0 Å². The van der Waals surface area contributed by atoms with Gasteiger partial charge in [-0.15, -0.1) is 0 Å². The van der Waals surface area contributed by atoms with Gasteiger partial charge in [0.2, 0.25) is 0 Å². The van der Waals surface area contributed by atoms with Gasteiger partial charge in [-0.2, -0.15) is 5.10 Å². The van der Waals surface area contributed by atoms with Gasteiger partial charge in [0.15, 0.2) is 11.4 Å². The molecule has 2 unspecified atom stereocenters. The van der Waals surface area contributed by atoms with Gasteiger partial charge in [0.25, 0.3) is 0 Å². The number of imidazole rings is 1.